The van der Waals surface area contributed by atoms with Crippen molar-refractivity contribution in [2.45, 2.75) is 62.7 Å². The molecule has 5 atom stereocenters. The van der Waals surface area contributed by atoms with Crippen LogP contribution in [0.4, 0.5) is 15.0 Å². The number of aromatic nitrogens is 3. The Morgan fingerprint density at radius 2 is 1.95 bits per heavy atom. The standard InChI is InChI=1S/C26H29FN6O7/c1-25(2,3)40-24(38)31-16(10-14-4-6-15(27)7-5-14)23(37)32-22-17-8-9-19(33(17)30-13-29-22)26(12-28)21(36)20(35)18(11-34)39-26/h4-9,13,16,18,20-21,34-36H,10-11H2,1-3H3,(H,31,38)(H,29,30,32,37)/t16-,18+,20+,21+,26-/m0/s1. The first-order chi connectivity index (χ1) is 18.9. The smallest absolute Gasteiger partial charge is 0.408 e. The lowest BCUT2D eigenvalue weighted by atomic mass is 9.92. The fourth-order valence-corrected chi connectivity index (χ4v) is 4.36. The maximum atomic E-state index is 13.4. The number of hydrogen-bond donors (Lipinski definition) is 5. The van der Waals surface area contributed by atoms with Gasteiger partial charge < -0.3 is 35.4 Å². The molecule has 212 valence electrons. The van der Waals surface area contributed by atoms with Crippen molar-refractivity contribution in [1.82, 2.24) is 19.9 Å². The summed E-state index contributed by atoms with van der Waals surface area (Å²) in [6, 6.07) is 9.02. The van der Waals surface area contributed by atoms with Gasteiger partial charge in [-0.25, -0.2) is 18.7 Å². The van der Waals surface area contributed by atoms with Gasteiger partial charge in [-0.05, 0) is 50.6 Å². The van der Waals surface area contributed by atoms with Gasteiger partial charge in [0.05, 0.1) is 12.3 Å². The average molecular weight is 557 g/mol. The number of hydrogen-bond acceptors (Lipinski definition) is 10. The highest BCUT2D eigenvalue weighted by Gasteiger charge is 2.57. The highest BCUT2D eigenvalue weighted by Crippen LogP contribution is 2.40. The molecule has 4 rings (SSSR count). The van der Waals surface area contributed by atoms with E-state index in [2.05, 4.69) is 20.7 Å². The largest absolute Gasteiger partial charge is 0.444 e. The van der Waals surface area contributed by atoms with Crippen molar-refractivity contribution in [1.29, 1.82) is 5.26 Å². The van der Waals surface area contributed by atoms with E-state index in [1.54, 1.807) is 20.8 Å². The summed E-state index contributed by atoms with van der Waals surface area (Å²) in [5, 5.41) is 49.6. The number of ether oxygens (including phenoxy) is 2. The normalized spacial score (nSPS) is 23.4. The average Bonchev–Trinajstić information content (AvgIpc) is 3.44. The molecule has 13 nitrogen and oxygen atoms in total. The fourth-order valence-electron chi connectivity index (χ4n) is 4.36. The van der Waals surface area contributed by atoms with Gasteiger partial charge in [0.2, 0.25) is 11.5 Å². The molecule has 0 radical (unpaired) electrons. The number of halogens is 1. The second-order valence-corrected chi connectivity index (χ2v) is 10.3. The summed E-state index contributed by atoms with van der Waals surface area (Å²) in [4.78, 5) is 30.0. The highest BCUT2D eigenvalue weighted by atomic mass is 19.1. The number of nitrogens with one attached hydrogen (secondary N) is 2. The second-order valence-electron chi connectivity index (χ2n) is 10.3. The third-order valence-corrected chi connectivity index (χ3v) is 6.24. The van der Waals surface area contributed by atoms with E-state index in [1.807, 2.05) is 6.07 Å². The molecule has 0 spiro atoms. The van der Waals surface area contributed by atoms with Gasteiger partial charge in [0, 0.05) is 6.42 Å². The minimum Gasteiger partial charge on any atom is -0.444 e. The van der Waals surface area contributed by atoms with Crippen LogP contribution < -0.4 is 10.6 Å². The SMILES string of the molecule is CC(C)(C)OC(=O)N[C@@H](Cc1ccc(F)cc1)C(=O)Nc1ncnn2c([C@]3(C#N)O[C@H](CO)[C@@H](O)[C@H]3O)ccc12. The molecule has 0 bridgehead atoms. The number of nitrogens with zero attached hydrogens (tertiary/aromatic N) is 4. The number of carbonyl (C=O) groups excluding carboxylic acids is 2. The number of anilines is 1. The summed E-state index contributed by atoms with van der Waals surface area (Å²) < 4.78 is 25.5. The molecule has 0 aliphatic carbocycles. The number of carbonyl (C=O) groups is 2. The van der Waals surface area contributed by atoms with Crippen LogP contribution in [0.15, 0.2) is 42.7 Å². The van der Waals surface area contributed by atoms with Gasteiger partial charge in [-0.15, -0.1) is 0 Å². The zero-order chi connectivity index (χ0) is 29.2. The number of aliphatic hydroxyl groups is 3. The van der Waals surface area contributed by atoms with Crippen LogP contribution in [-0.2, 0) is 26.3 Å². The first-order valence-corrected chi connectivity index (χ1v) is 12.3. The van der Waals surface area contributed by atoms with E-state index in [0.29, 0.717) is 5.56 Å². The molecule has 1 fully saturated rings. The van der Waals surface area contributed by atoms with Crippen molar-refractivity contribution in [3.8, 4) is 6.07 Å². The molecule has 1 aromatic carbocycles. The molecule has 3 aromatic rings. The van der Waals surface area contributed by atoms with Gasteiger partial charge in [0.25, 0.3) is 0 Å². The fraction of sp³-hybridized carbons (Fsp3) is 0.423. The molecule has 1 aliphatic heterocycles. The first-order valence-electron chi connectivity index (χ1n) is 12.3. The van der Waals surface area contributed by atoms with E-state index in [9.17, 15) is 34.6 Å². The minimum absolute atomic E-state index is 0.00109. The topological polar surface area (TPSA) is 191 Å². The molecular formula is C26H29FN6O7. The van der Waals surface area contributed by atoms with E-state index in [4.69, 9.17) is 9.47 Å². The molecular weight excluding hydrogens is 527 g/mol. The number of amides is 2. The predicted molar refractivity (Wildman–Crippen MR) is 136 cm³/mol. The molecule has 5 N–H and O–H groups in total. The van der Waals surface area contributed by atoms with Crippen molar-refractivity contribution >= 4 is 23.3 Å². The molecule has 1 saturated heterocycles. The third kappa shape index (κ3) is 5.73. The maximum absolute atomic E-state index is 13.4. The number of nitriles is 1. The monoisotopic (exact) mass is 556 g/mol. The van der Waals surface area contributed by atoms with Gasteiger partial charge in [-0.1, -0.05) is 12.1 Å². The lowest BCUT2D eigenvalue weighted by molar-refractivity contribution is -0.118. The summed E-state index contributed by atoms with van der Waals surface area (Å²) in [7, 11) is 0. The Balaban J connectivity index is 1.64. The molecule has 14 heteroatoms. The summed E-state index contributed by atoms with van der Waals surface area (Å²) in [5.41, 5.74) is -2.10. The number of alkyl carbamates (subject to hydrolysis) is 1. The van der Waals surface area contributed by atoms with Crippen LogP contribution in [0.5, 0.6) is 0 Å². The highest BCUT2D eigenvalue weighted by molar-refractivity contribution is 5.98. The van der Waals surface area contributed by atoms with Crippen molar-refractivity contribution in [3.05, 3.63) is 59.8 Å². The number of benzene rings is 1. The first kappa shape index (κ1) is 28.8. The van der Waals surface area contributed by atoms with E-state index < -0.39 is 60.0 Å². The van der Waals surface area contributed by atoms with E-state index in [1.165, 1.54) is 40.9 Å². The Hall–Kier alpha value is -4.16. The third-order valence-electron chi connectivity index (χ3n) is 6.24. The molecule has 0 saturated carbocycles. The molecule has 3 heterocycles. The Morgan fingerprint density at radius 1 is 1.25 bits per heavy atom. The zero-order valence-corrected chi connectivity index (χ0v) is 21.9. The lowest BCUT2D eigenvalue weighted by Gasteiger charge is -2.24. The van der Waals surface area contributed by atoms with E-state index in [0.717, 1.165) is 6.33 Å². The van der Waals surface area contributed by atoms with Gasteiger partial charge >= 0.3 is 6.09 Å². The van der Waals surface area contributed by atoms with Crippen LogP contribution in [0, 0.1) is 17.1 Å². The second kappa shape index (κ2) is 11.1. The Labute approximate surface area is 228 Å². The molecule has 40 heavy (non-hydrogen) atoms. The quantitative estimate of drug-likeness (QED) is 0.278. The van der Waals surface area contributed by atoms with Crippen LogP contribution in [0.25, 0.3) is 5.52 Å². The van der Waals surface area contributed by atoms with Gasteiger partial charge in [0.1, 0.15) is 53.7 Å². The van der Waals surface area contributed by atoms with Crippen molar-refractivity contribution < 1.29 is 38.8 Å². The number of rotatable bonds is 7. The number of aliphatic hydroxyl groups excluding tert-OH is 3. The van der Waals surface area contributed by atoms with Crippen molar-refractivity contribution in [2.24, 2.45) is 0 Å². The van der Waals surface area contributed by atoms with Crippen molar-refractivity contribution in [2.75, 3.05) is 11.9 Å². The minimum atomic E-state index is -2.07. The maximum Gasteiger partial charge on any atom is 0.408 e. The summed E-state index contributed by atoms with van der Waals surface area (Å²) in [6.45, 7) is 4.38. The Bertz CT molecular complexity index is 1430. The molecule has 2 amide bonds. The summed E-state index contributed by atoms with van der Waals surface area (Å²) in [5.74, 6) is -1.13. The van der Waals surface area contributed by atoms with Crippen LogP contribution in [0.3, 0.4) is 0 Å². The predicted octanol–water partition coefficient (Wildman–Crippen LogP) is 0.775. The van der Waals surface area contributed by atoms with E-state index >= 15 is 0 Å². The molecule has 0 unspecified atom stereocenters. The zero-order valence-electron chi connectivity index (χ0n) is 21.9. The van der Waals surface area contributed by atoms with Gasteiger partial charge in [-0.3, -0.25) is 4.79 Å². The van der Waals surface area contributed by atoms with Crippen LogP contribution in [0.1, 0.15) is 32.0 Å². The summed E-state index contributed by atoms with van der Waals surface area (Å²) >= 11 is 0. The Morgan fingerprint density at radius 3 is 2.55 bits per heavy atom. The van der Waals surface area contributed by atoms with Crippen LogP contribution in [0.2, 0.25) is 0 Å². The van der Waals surface area contributed by atoms with Gasteiger partial charge in [0.15, 0.2) is 5.82 Å². The van der Waals surface area contributed by atoms with E-state index in [-0.39, 0.29) is 23.4 Å². The number of fused-ring (bicyclic) bond motifs is 1. The molecule has 2 aromatic heterocycles. The Kier molecular flexibility index (Phi) is 8.03. The van der Waals surface area contributed by atoms with Gasteiger partial charge in [-0.2, -0.15) is 10.4 Å². The summed E-state index contributed by atoms with van der Waals surface area (Å²) in [6.07, 6.45) is -4.22. The van der Waals surface area contributed by atoms with Crippen LogP contribution in [-0.4, -0.2) is 78.5 Å². The molecule has 1 aliphatic rings. The van der Waals surface area contributed by atoms with Crippen LogP contribution >= 0.6 is 0 Å². The lowest BCUT2D eigenvalue weighted by Crippen LogP contribution is -2.47. The van der Waals surface area contributed by atoms with Crippen molar-refractivity contribution in [3.63, 3.8) is 0 Å².